The Bertz CT molecular complexity index is 602. The van der Waals surface area contributed by atoms with Gasteiger partial charge in [-0.25, -0.2) is 4.98 Å². The largest absolute Gasteiger partial charge is 0.434 e. The van der Waals surface area contributed by atoms with Gasteiger partial charge < -0.3 is 4.74 Å². The summed E-state index contributed by atoms with van der Waals surface area (Å²) in [7, 11) is 0. The molecular weight excluding hydrogens is 270 g/mol. The molecular formula is C12H10ClN3O3. The number of benzene rings is 1. The fraction of sp³-hybridized carbons (Fsp3) is 0.167. The molecule has 2 aromatic rings. The lowest BCUT2D eigenvalue weighted by atomic mass is 10.2. The van der Waals surface area contributed by atoms with E-state index in [4.69, 9.17) is 16.3 Å². The van der Waals surface area contributed by atoms with E-state index in [2.05, 4.69) is 9.97 Å². The lowest BCUT2D eigenvalue weighted by molar-refractivity contribution is -0.386. The van der Waals surface area contributed by atoms with E-state index in [0.29, 0.717) is 5.75 Å². The second-order valence-electron chi connectivity index (χ2n) is 3.67. The van der Waals surface area contributed by atoms with Crippen molar-refractivity contribution in [1.82, 2.24) is 9.97 Å². The Morgan fingerprint density at radius 3 is 2.58 bits per heavy atom. The van der Waals surface area contributed by atoms with Gasteiger partial charge in [-0.3, -0.25) is 10.1 Å². The van der Waals surface area contributed by atoms with Crippen LogP contribution in [0.1, 0.15) is 12.5 Å². The van der Waals surface area contributed by atoms with Crippen LogP contribution in [0.15, 0.2) is 30.6 Å². The van der Waals surface area contributed by atoms with Crippen molar-refractivity contribution in [1.29, 1.82) is 0 Å². The smallest absolute Gasteiger partial charge is 0.368 e. The second-order valence-corrected chi connectivity index (χ2v) is 4.03. The molecule has 1 aromatic carbocycles. The van der Waals surface area contributed by atoms with E-state index in [1.165, 1.54) is 0 Å². The van der Waals surface area contributed by atoms with Gasteiger partial charge in [-0.2, -0.15) is 4.98 Å². The molecule has 0 spiro atoms. The maximum atomic E-state index is 10.9. The lowest BCUT2D eigenvalue weighted by Crippen LogP contribution is -1.98. The highest BCUT2D eigenvalue weighted by Gasteiger charge is 2.23. The first-order valence-corrected chi connectivity index (χ1v) is 5.91. The number of nitro groups is 1. The molecule has 0 bridgehead atoms. The molecule has 0 radical (unpaired) electrons. The Labute approximate surface area is 114 Å². The zero-order valence-electron chi connectivity index (χ0n) is 10.0. The van der Waals surface area contributed by atoms with Crippen LogP contribution in [0.4, 0.5) is 5.69 Å². The summed E-state index contributed by atoms with van der Waals surface area (Å²) >= 11 is 5.67. The van der Waals surface area contributed by atoms with Crippen molar-refractivity contribution in [3.05, 3.63) is 51.4 Å². The highest BCUT2D eigenvalue weighted by molar-refractivity contribution is 6.31. The minimum Gasteiger partial charge on any atom is -0.434 e. The Hall–Kier alpha value is -2.21. The number of hydrogen-bond donors (Lipinski definition) is 0. The SMILES string of the molecule is CCc1ccc(Oc2ncnc(Cl)c2[N+](=O)[O-])cc1. The Morgan fingerprint density at radius 1 is 1.32 bits per heavy atom. The Balaban J connectivity index is 2.32. The van der Waals surface area contributed by atoms with Crippen LogP contribution in [-0.2, 0) is 6.42 Å². The summed E-state index contributed by atoms with van der Waals surface area (Å²) in [5.41, 5.74) is 0.700. The summed E-state index contributed by atoms with van der Waals surface area (Å²) in [6.45, 7) is 2.03. The van der Waals surface area contributed by atoms with Crippen LogP contribution >= 0.6 is 11.6 Å². The van der Waals surface area contributed by atoms with Crippen LogP contribution in [0.2, 0.25) is 5.15 Å². The number of halogens is 1. The van der Waals surface area contributed by atoms with Gasteiger partial charge in [0.1, 0.15) is 12.1 Å². The third kappa shape index (κ3) is 2.97. The number of ether oxygens (including phenoxy) is 1. The second kappa shape index (κ2) is 5.62. The quantitative estimate of drug-likeness (QED) is 0.487. The minimum atomic E-state index is -0.669. The first kappa shape index (κ1) is 13.2. The summed E-state index contributed by atoms with van der Waals surface area (Å²) in [5.74, 6) is 0.282. The van der Waals surface area contributed by atoms with Gasteiger partial charge in [0.05, 0.1) is 4.92 Å². The number of aromatic nitrogens is 2. The molecule has 0 aliphatic carbocycles. The fourth-order valence-corrected chi connectivity index (χ4v) is 1.67. The fourth-order valence-electron chi connectivity index (χ4n) is 1.48. The summed E-state index contributed by atoms with van der Waals surface area (Å²) in [4.78, 5) is 17.5. The van der Waals surface area contributed by atoms with Crippen molar-refractivity contribution in [3.63, 3.8) is 0 Å². The number of aryl methyl sites for hydroxylation is 1. The van der Waals surface area contributed by atoms with E-state index in [-0.39, 0.29) is 11.0 Å². The molecule has 19 heavy (non-hydrogen) atoms. The monoisotopic (exact) mass is 279 g/mol. The van der Waals surface area contributed by atoms with Crippen molar-refractivity contribution in [2.75, 3.05) is 0 Å². The van der Waals surface area contributed by atoms with Gasteiger partial charge in [-0.05, 0) is 24.1 Å². The molecule has 98 valence electrons. The molecule has 1 heterocycles. The minimum absolute atomic E-state index is 0.172. The molecule has 0 amide bonds. The maximum Gasteiger partial charge on any atom is 0.368 e. The van der Waals surface area contributed by atoms with Gasteiger partial charge in [-0.1, -0.05) is 30.7 Å². The predicted molar refractivity (Wildman–Crippen MR) is 69.6 cm³/mol. The number of rotatable bonds is 4. The maximum absolute atomic E-state index is 10.9. The summed E-state index contributed by atoms with van der Waals surface area (Å²) in [5, 5.41) is 10.6. The zero-order chi connectivity index (χ0) is 13.8. The first-order chi connectivity index (χ1) is 9.11. The standard InChI is InChI=1S/C12H10ClN3O3/c1-2-8-3-5-9(6-4-8)19-12-10(16(17)18)11(13)14-7-15-12/h3-7H,2H2,1H3. The van der Waals surface area contributed by atoms with Crippen LogP contribution < -0.4 is 4.74 Å². The topological polar surface area (TPSA) is 78.2 Å². The molecule has 6 nitrogen and oxygen atoms in total. The van der Waals surface area contributed by atoms with Crippen LogP contribution in [0.5, 0.6) is 11.6 Å². The molecule has 0 unspecified atom stereocenters. The predicted octanol–water partition coefficient (Wildman–Crippen LogP) is 3.39. The molecule has 1 aromatic heterocycles. The van der Waals surface area contributed by atoms with Crippen LogP contribution in [0.3, 0.4) is 0 Å². The average Bonchev–Trinajstić information content (AvgIpc) is 2.39. The summed E-state index contributed by atoms with van der Waals surface area (Å²) in [6.07, 6.45) is 2.02. The van der Waals surface area contributed by atoms with E-state index < -0.39 is 10.6 Å². The molecule has 0 aliphatic rings. The highest BCUT2D eigenvalue weighted by atomic mass is 35.5. The van der Waals surface area contributed by atoms with Crippen molar-refractivity contribution in [3.8, 4) is 11.6 Å². The third-order valence-corrected chi connectivity index (χ3v) is 2.75. The van der Waals surface area contributed by atoms with E-state index >= 15 is 0 Å². The van der Waals surface area contributed by atoms with Crippen molar-refractivity contribution in [2.45, 2.75) is 13.3 Å². The van der Waals surface area contributed by atoms with Gasteiger partial charge in [-0.15, -0.1) is 0 Å². The molecule has 0 saturated heterocycles. The zero-order valence-corrected chi connectivity index (χ0v) is 10.8. The molecule has 7 heteroatoms. The first-order valence-electron chi connectivity index (χ1n) is 5.53. The van der Waals surface area contributed by atoms with Gasteiger partial charge in [0.25, 0.3) is 0 Å². The van der Waals surface area contributed by atoms with E-state index in [0.717, 1.165) is 18.3 Å². The van der Waals surface area contributed by atoms with Gasteiger partial charge >= 0.3 is 11.6 Å². The van der Waals surface area contributed by atoms with Gasteiger partial charge in [0.15, 0.2) is 0 Å². The van der Waals surface area contributed by atoms with Gasteiger partial charge in [0.2, 0.25) is 5.15 Å². The third-order valence-electron chi connectivity index (χ3n) is 2.47. The highest BCUT2D eigenvalue weighted by Crippen LogP contribution is 2.33. The van der Waals surface area contributed by atoms with Crippen LogP contribution in [-0.4, -0.2) is 14.9 Å². The molecule has 0 saturated carbocycles. The molecule has 0 atom stereocenters. The Morgan fingerprint density at radius 2 is 2.00 bits per heavy atom. The van der Waals surface area contributed by atoms with E-state index in [1.54, 1.807) is 12.1 Å². The lowest BCUT2D eigenvalue weighted by Gasteiger charge is -2.05. The van der Waals surface area contributed by atoms with Crippen LogP contribution in [0.25, 0.3) is 0 Å². The summed E-state index contributed by atoms with van der Waals surface area (Å²) in [6, 6.07) is 7.20. The number of hydrogen-bond acceptors (Lipinski definition) is 5. The molecule has 2 rings (SSSR count). The van der Waals surface area contributed by atoms with Crippen LogP contribution in [0, 0.1) is 10.1 Å². The molecule has 0 fully saturated rings. The van der Waals surface area contributed by atoms with Crippen molar-refractivity contribution in [2.24, 2.45) is 0 Å². The van der Waals surface area contributed by atoms with Gasteiger partial charge in [0, 0.05) is 0 Å². The average molecular weight is 280 g/mol. The van der Waals surface area contributed by atoms with E-state index in [9.17, 15) is 10.1 Å². The number of nitrogens with zero attached hydrogens (tertiary/aromatic N) is 3. The Kier molecular flexibility index (Phi) is 3.91. The van der Waals surface area contributed by atoms with Crippen molar-refractivity contribution >= 4 is 17.3 Å². The normalized spacial score (nSPS) is 10.2. The summed E-state index contributed by atoms with van der Waals surface area (Å²) < 4.78 is 5.37. The molecule has 0 aliphatic heterocycles. The van der Waals surface area contributed by atoms with E-state index in [1.807, 2.05) is 19.1 Å². The van der Waals surface area contributed by atoms with Crippen molar-refractivity contribution < 1.29 is 9.66 Å². The molecule has 0 N–H and O–H groups in total.